The highest BCUT2D eigenvalue weighted by molar-refractivity contribution is 5.52. The van der Waals surface area contributed by atoms with E-state index in [-0.39, 0.29) is 12.2 Å². The summed E-state index contributed by atoms with van der Waals surface area (Å²) in [5, 5.41) is 0. The molecule has 0 fully saturated rings. The maximum Gasteiger partial charge on any atom is 0.328 e. The molecule has 2 rings (SSSR count). The molecule has 1 N–H and O–H groups in total. The van der Waals surface area contributed by atoms with Gasteiger partial charge in [0.1, 0.15) is 5.82 Å². The second-order valence-electron chi connectivity index (χ2n) is 4.05. The summed E-state index contributed by atoms with van der Waals surface area (Å²) < 4.78 is 14.5. The summed E-state index contributed by atoms with van der Waals surface area (Å²) in [4.78, 5) is 28.2. The number of nitrogens with zero attached hydrogens (tertiary/aromatic N) is 2. The van der Waals surface area contributed by atoms with E-state index in [1.54, 1.807) is 6.92 Å². The Balaban J connectivity index is 2.54. The van der Waals surface area contributed by atoms with E-state index >= 15 is 0 Å². The molecule has 0 radical (unpaired) electrons. The Labute approximate surface area is 107 Å². The minimum atomic E-state index is -0.579. The average molecular weight is 259 g/mol. The van der Waals surface area contributed by atoms with Crippen molar-refractivity contribution in [2.24, 2.45) is 0 Å². The van der Waals surface area contributed by atoms with Gasteiger partial charge in [-0.15, -0.1) is 0 Å². The molecule has 6 heteroatoms. The molecule has 0 aliphatic heterocycles. The number of aromatic amines is 1. The molecule has 5 nitrogen and oxygen atoms in total. The van der Waals surface area contributed by atoms with Crippen LogP contribution in [0.3, 0.4) is 0 Å². The van der Waals surface area contributed by atoms with Crippen molar-refractivity contribution in [3.8, 4) is 0 Å². The smallest absolute Gasteiger partial charge is 0.295 e. The number of nitrogens with one attached hydrogen (secondary N) is 1. The van der Waals surface area contributed by atoms with Gasteiger partial charge in [-0.25, -0.2) is 14.0 Å². The Hall–Kier alpha value is -2.68. The fourth-order valence-electron chi connectivity index (χ4n) is 1.79. The molecule has 1 aromatic carbocycles. The number of benzene rings is 1. The van der Waals surface area contributed by atoms with E-state index in [1.165, 1.54) is 28.8 Å². The van der Waals surface area contributed by atoms with Crippen LogP contribution in [0.1, 0.15) is 11.3 Å². The molecule has 0 unspecified atom stereocenters. The van der Waals surface area contributed by atoms with Crippen LogP contribution in [-0.4, -0.2) is 9.55 Å². The Bertz CT molecular complexity index is 784. The van der Waals surface area contributed by atoms with Crippen molar-refractivity contribution in [1.29, 1.82) is 0 Å². The van der Waals surface area contributed by atoms with E-state index in [0.29, 0.717) is 11.3 Å². The summed E-state index contributed by atoms with van der Waals surface area (Å²) in [5.74, 6) is -0.475. The van der Waals surface area contributed by atoms with E-state index in [9.17, 15) is 14.0 Å². The van der Waals surface area contributed by atoms with E-state index in [1.807, 2.05) is 0 Å². The van der Waals surface area contributed by atoms with Crippen molar-refractivity contribution in [2.45, 2.75) is 13.5 Å². The molecule has 1 aromatic heterocycles. The van der Waals surface area contributed by atoms with Crippen molar-refractivity contribution in [3.05, 3.63) is 73.6 Å². The van der Waals surface area contributed by atoms with Crippen LogP contribution >= 0.6 is 0 Å². The predicted molar refractivity (Wildman–Crippen MR) is 67.8 cm³/mol. The van der Waals surface area contributed by atoms with Gasteiger partial charge in [-0.1, -0.05) is 6.07 Å². The monoisotopic (exact) mass is 259 g/mol. The fourth-order valence-corrected chi connectivity index (χ4v) is 1.79. The molecule has 0 bridgehead atoms. The van der Waals surface area contributed by atoms with Crippen LogP contribution in [0.4, 0.5) is 10.1 Å². The number of aryl methyl sites for hydroxylation is 1. The van der Waals surface area contributed by atoms with Crippen LogP contribution in [-0.2, 0) is 6.54 Å². The Morgan fingerprint density at radius 3 is 2.74 bits per heavy atom. The minimum absolute atomic E-state index is 0.0386. The molecule has 0 amide bonds. The molecular weight excluding hydrogens is 249 g/mol. The molecule has 0 saturated carbocycles. The van der Waals surface area contributed by atoms with E-state index in [2.05, 4.69) is 9.83 Å². The van der Waals surface area contributed by atoms with Crippen LogP contribution in [0, 0.1) is 19.3 Å². The fraction of sp³-hybridized carbons (Fsp3) is 0.154. The molecular formula is C13H10FN3O2. The first-order valence-corrected chi connectivity index (χ1v) is 5.48. The number of H-pyrrole nitrogens is 1. The van der Waals surface area contributed by atoms with Crippen LogP contribution in [0.25, 0.3) is 4.85 Å². The standard InChI is InChI=1S/C13H10FN3O2/c1-8-5-12(18)16-13(19)17(8)7-9-6-10(14)3-4-11(9)15-2/h3-6H,7H2,1H3,(H,16,18,19). The normalized spacial score (nSPS) is 10.2. The number of aromatic nitrogens is 2. The molecule has 0 saturated heterocycles. The van der Waals surface area contributed by atoms with Gasteiger partial charge in [0, 0.05) is 18.3 Å². The molecule has 1 heterocycles. The highest BCUT2D eigenvalue weighted by Crippen LogP contribution is 2.21. The SMILES string of the molecule is [C-]#[N+]c1ccc(F)cc1Cn1c(C)cc(=O)[nH]c1=O. The third kappa shape index (κ3) is 2.60. The van der Waals surface area contributed by atoms with Crippen LogP contribution < -0.4 is 11.2 Å². The highest BCUT2D eigenvalue weighted by atomic mass is 19.1. The molecule has 0 aliphatic carbocycles. The molecule has 96 valence electrons. The summed E-state index contributed by atoms with van der Waals surface area (Å²) in [6, 6.07) is 5.05. The van der Waals surface area contributed by atoms with Gasteiger partial charge in [0.15, 0.2) is 5.69 Å². The van der Waals surface area contributed by atoms with Crippen molar-refractivity contribution in [2.75, 3.05) is 0 Å². The predicted octanol–water partition coefficient (Wildman–Crippen LogP) is 1.58. The Kier molecular flexibility index (Phi) is 3.29. The molecule has 0 atom stereocenters. The summed E-state index contributed by atoms with van der Waals surface area (Å²) in [7, 11) is 0. The van der Waals surface area contributed by atoms with Crippen LogP contribution in [0.15, 0.2) is 33.9 Å². The zero-order valence-electron chi connectivity index (χ0n) is 10.1. The molecule has 2 aromatic rings. The zero-order valence-corrected chi connectivity index (χ0v) is 10.1. The van der Waals surface area contributed by atoms with E-state index in [0.717, 1.165) is 0 Å². The minimum Gasteiger partial charge on any atom is -0.295 e. The molecule has 19 heavy (non-hydrogen) atoms. The second kappa shape index (κ2) is 4.90. The molecule has 0 aliphatic rings. The van der Waals surface area contributed by atoms with Crippen LogP contribution in [0.5, 0.6) is 0 Å². The van der Waals surface area contributed by atoms with Crippen molar-refractivity contribution < 1.29 is 4.39 Å². The Morgan fingerprint density at radius 1 is 1.37 bits per heavy atom. The highest BCUT2D eigenvalue weighted by Gasteiger charge is 2.08. The van der Waals surface area contributed by atoms with Gasteiger partial charge < -0.3 is 0 Å². The maximum absolute atomic E-state index is 13.2. The van der Waals surface area contributed by atoms with Gasteiger partial charge in [0.2, 0.25) is 0 Å². The molecule has 0 spiro atoms. The van der Waals surface area contributed by atoms with Gasteiger partial charge in [-0.3, -0.25) is 14.3 Å². The van der Waals surface area contributed by atoms with E-state index < -0.39 is 17.1 Å². The van der Waals surface area contributed by atoms with Gasteiger partial charge >= 0.3 is 5.69 Å². The number of halogens is 1. The number of hydrogen-bond donors (Lipinski definition) is 1. The van der Waals surface area contributed by atoms with Gasteiger partial charge in [0.25, 0.3) is 5.56 Å². The van der Waals surface area contributed by atoms with Crippen LogP contribution in [0.2, 0.25) is 0 Å². The lowest BCUT2D eigenvalue weighted by Crippen LogP contribution is -2.31. The van der Waals surface area contributed by atoms with Crippen molar-refractivity contribution in [1.82, 2.24) is 9.55 Å². The summed E-state index contributed by atoms with van der Waals surface area (Å²) in [5.41, 5.74) is 0.0636. The number of hydrogen-bond acceptors (Lipinski definition) is 2. The average Bonchev–Trinajstić information content (AvgIpc) is 2.34. The summed E-state index contributed by atoms with van der Waals surface area (Å²) in [6.45, 7) is 8.66. The second-order valence-corrected chi connectivity index (χ2v) is 4.05. The van der Waals surface area contributed by atoms with Crippen molar-refractivity contribution in [3.63, 3.8) is 0 Å². The van der Waals surface area contributed by atoms with Gasteiger partial charge in [-0.2, -0.15) is 0 Å². The lowest BCUT2D eigenvalue weighted by Gasteiger charge is -2.10. The summed E-state index contributed by atoms with van der Waals surface area (Å²) in [6.07, 6.45) is 0. The first-order chi connectivity index (χ1) is 9.01. The first-order valence-electron chi connectivity index (χ1n) is 5.48. The zero-order chi connectivity index (χ0) is 14.0. The number of rotatable bonds is 2. The summed E-state index contributed by atoms with van der Waals surface area (Å²) >= 11 is 0. The quantitative estimate of drug-likeness (QED) is 0.832. The Morgan fingerprint density at radius 2 is 2.11 bits per heavy atom. The maximum atomic E-state index is 13.2. The first kappa shape index (κ1) is 12.8. The lowest BCUT2D eigenvalue weighted by atomic mass is 10.1. The van der Waals surface area contributed by atoms with Gasteiger partial charge in [0.05, 0.1) is 6.57 Å². The van der Waals surface area contributed by atoms with E-state index in [4.69, 9.17) is 6.57 Å². The lowest BCUT2D eigenvalue weighted by molar-refractivity contribution is 0.621. The van der Waals surface area contributed by atoms with Crippen molar-refractivity contribution >= 4 is 5.69 Å². The third-order valence-electron chi connectivity index (χ3n) is 2.73. The topological polar surface area (TPSA) is 59.2 Å². The van der Waals surface area contributed by atoms with Gasteiger partial charge in [-0.05, 0) is 24.6 Å². The third-order valence-corrected chi connectivity index (χ3v) is 2.73. The largest absolute Gasteiger partial charge is 0.328 e.